The van der Waals surface area contributed by atoms with E-state index in [-0.39, 0.29) is 16.5 Å². The van der Waals surface area contributed by atoms with Gasteiger partial charge in [-0.2, -0.15) is 4.39 Å². The molecule has 0 fully saturated rings. The Labute approximate surface area is 99.8 Å². The van der Waals surface area contributed by atoms with Gasteiger partial charge < -0.3 is 10.1 Å². The Morgan fingerprint density at radius 2 is 2.29 bits per heavy atom. The number of rotatable bonds is 2. The molecule has 8 heteroatoms. The Morgan fingerprint density at radius 3 is 2.88 bits per heavy atom. The van der Waals surface area contributed by atoms with Gasteiger partial charge in [0.1, 0.15) is 5.69 Å². The van der Waals surface area contributed by atoms with Crippen LogP contribution in [0, 0.1) is 23.0 Å². The van der Waals surface area contributed by atoms with Gasteiger partial charge in [0.05, 0.1) is 21.9 Å². The molecule has 0 N–H and O–H groups in total. The summed E-state index contributed by atoms with van der Waals surface area (Å²) in [6.07, 6.45) is 2.49. The van der Waals surface area contributed by atoms with Crippen LogP contribution in [0.4, 0.5) is 10.2 Å². The normalized spacial score (nSPS) is 10.5. The molecule has 0 aromatic carbocycles. The van der Waals surface area contributed by atoms with Crippen LogP contribution in [-0.2, 0) is 0 Å². The van der Waals surface area contributed by atoms with Crippen molar-refractivity contribution in [2.75, 3.05) is 0 Å². The zero-order valence-corrected chi connectivity index (χ0v) is 9.35. The first-order chi connectivity index (χ1) is 7.99. The second-order valence-electron chi connectivity index (χ2n) is 3.30. The molecule has 88 valence electrons. The van der Waals surface area contributed by atoms with Gasteiger partial charge in [0.25, 0.3) is 0 Å². The van der Waals surface area contributed by atoms with E-state index in [2.05, 4.69) is 10.1 Å². The summed E-state index contributed by atoms with van der Waals surface area (Å²) in [6.45, 7) is 1.51. The average molecular weight is 257 g/mol. The van der Waals surface area contributed by atoms with Crippen molar-refractivity contribution in [3.63, 3.8) is 0 Å². The molecular formula is C9H6ClFN4O2. The number of hydrogen-bond donors (Lipinski definition) is 0. The lowest BCUT2D eigenvalue weighted by Crippen LogP contribution is -2.01. The molecule has 0 aliphatic rings. The molecule has 0 bridgehead atoms. The highest BCUT2D eigenvalue weighted by atomic mass is 35.5. The van der Waals surface area contributed by atoms with Gasteiger partial charge in [-0.15, -0.1) is 4.68 Å². The van der Waals surface area contributed by atoms with E-state index in [0.717, 1.165) is 10.9 Å². The third-order valence-electron chi connectivity index (χ3n) is 2.08. The minimum atomic E-state index is -0.799. The second kappa shape index (κ2) is 4.10. The molecule has 0 aliphatic heterocycles. The molecular weight excluding hydrogens is 251 g/mol. The summed E-state index contributed by atoms with van der Waals surface area (Å²) >= 11 is 5.67. The van der Waals surface area contributed by atoms with Crippen molar-refractivity contribution in [2.24, 2.45) is 0 Å². The average Bonchev–Trinajstić information content (AvgIpc) is 2.64. The maximum atomic E-state index is 13.4. The molecule has 2 aromatic heterocycles. The van der Waals surface area contributed by atoms with Crippen LogP contribution < -0.4 is 0 Å². The van der Waals surface area contributed by atoms with Crippen molar-refractivity contribution in [3.8, 4) is 5.69 Å². The molecule has 0 radical (unpaired) electrons. The van der Waals surface area contributed by atoms with Gasteiger partial charge in [-0.3, -0.25) is 0 Å². The number of aryl methyl sites for hydroxylation is 1. The van der Waals surface area contributed by atoms with E-state index in [1.165, 1.54) is 19.2 Å². The van der Waals surface area contributed by atoms with Crippen molar-refractivity contribution < 1.29 is 9.31 Å². The molecule has 0 atom stereocenters. The maximum Gasteiger partial charge on any atom is 0.393 e. The van der Waals surface area contributed by atoms with Crippen molar-refractivity contribution in [1.29, 1.82) is 0 Å². The fraction of sp³-hybridized carbons (Fsp3) is 0.111. The van der Waals surface area contributed by atoms with E-state index in [4.69, 9.17) is 11.6 Å². The summed E-state index contributed by atoms with van der Waals surface area (Å²) in [5, 5.41) is 14.5. The van der Waals surface area contributed by atoms with E-state index >= 15 is 0 Å². The van der Waals surface area contributed by atoms with Crippen LogP contribution >= 0.6 is 11.6 Å². The molecule has 0 amide bonds. The molecule has 2 rings (SSSR count). The number of nitro groups is 1. The van der Waals surface area contributed by atoms with Crippen LogP contribution in [0.3, 0.4) is 0 Å². The second-order valence-corrected chi connectivity index (χ2v) is 3.74. The van der Waals surface area contributed by atoms with Crippen molar-refractivity contribution in [3.05, 3.63) is 45.1 Å². The zero-order chi connectivity index (χ0) is 12.6. The summed E-state index contributed by atoms with van der Waals surface area (Å²) in [7, 11) is 0. The number of nitrogens with zero attached hydrogens (tertiary/aromatic N) is 4. The monoisotopic (exact) mass is 256 g/mol. The highest BCUT2D eigenvalue weighted by Gasteiger charge is 2.20. The molecule has 6 nitrogen and oxygen atoms in total. The van der Waals surface area contributed by atoms with Gasteiger partial charge in [-0.05, 0) is 17.9 Å². The van der Waals surface area contributed by atoms with E-state index in [1.54, 1.807) is 0 Å². The Kier molecular flexibility index (Phi) is 2.76. The van der Waals surface area contributed by atoms with Crippen LogP contribution in [0.2, 0.25) is 5.02 Å². The highest BCUT2D eigenvalue weighted by Crippen LogP contribution is 2.20. The zero-order valence-electron chi connectivity index (χ0n) is 8.59. The fourth-order valence-corrected chi connectivity index (χ4v) is 1.48. The summed E-state index contributed by atoms with van der Waals surface area (Å²) in [5.74, 6) is -1.13. The Morgan fingerprint density at radius 1 is 1.59 bits per heavy atom. The predicted molar refractivity (Wildman–Crippen MR) is 57.7 cm³/mol. The number of aromatic nitrogens is 3. The summed E-state index contributed by atoms with van der Waals surface area (Å²) in [4.78, 5) is 13.4. The minimum absolute atomic E-state index is 0.0336. The van der Waals surface area contributed by atoms with Gasteiger partial charge in [0.15, 0.2) is 0 Å². The largest absolute Gasteiger partial charge is 0.393 e. The van der Waals surface area contributed by atoms with Crippen molar-refractivity contribution in [2.45, 2.75) is 6.92 Å². The van der Waals surface area contributed by atoms with E-state index < -0.39 is 10.9 Å². The van der Waals surface area contributed by atoms with Crippen molar-refractivity contribution >= 4 is 17.4 Å². The topological polar surface area (TPSA) is 73.8 Å². The van der Waals surface area contributed by atoms with Crippen LogP contribution in [0.5, 0.6) is 0 Å². The Balaban J connectivity index is 2.57. The van der Waals surface area contributed by atoms with Gasteiger partial charge in [0.2, 0.25) is 5.95 Å². The quantitative estimate of drug-likeness (QED) is 0.469. The molecule has 0 aliphatic carbocycles. The van der Waals surface area contributed by atoms with Crippen LogP contribution in [0.25, 0.3) is 5.69 Å². The lowest BCUT2D eigenvalue weighted by molar-refractivity contribution is -0.390. The van der Waals surface area contributed by atoms with Crippen LogP contribution in [-0.4, -0.2) is 19.7 Å². The molecule has 0 unspecified atom stereocenters. The van der Waals surface area contributed by atoms with Gasteiger partial charge in [0, 0.05) is 6.20 Å². The number of halogens is 2. The highest BCUT2D eigenvalue weighted by molar-refractivity contribution is 6.30. The third kappa shape index (κ3) is 2.09. The van der Waals surface area contributed by atoms with Gasteiger partial charge in [-0.25, -0.2) is 4.98 Å². The maximum absolute atomic E-state index is 13.4. The summed E-state index contributed by atoms with van der Waals surface area (Å²) in [5.41, 5.74) is 0.295. The van der Waals surface area contributed by atoms with Crippen molar-refractivity contribution in [1.82, 2.24) is 14.8 Å². The first kappa shape index (κ1) is 11.5. The molecule has 0 saturated heterocycles. The molecule has 2 aromatic rings. The molecule has 0 saturated carbocycles. The van der Waals surface area contributed by atoms with E-state index in [0.29, 0.717) is 5.56 Å². The Bertz CT molecular complexity index is 599. The Hall–Kier alpha value is -2.02. The molecule has 2 heterocycles. The lowest BCUT2D eigenvalue weighted by atomic mass is 10.4. The summed E-state index contributed by atoms with van der Waals surface area (Å²) < 4.78 is 14.4. The molecule has 0 spiro atoms. The first-order valence-electron chi connectivity index (χ1n) is 4.51. The predicted octanol–water partition coefficient (Wildman–Crippen LogP) is 2.28. The van der Waals surface area contributed by atoms with Crippen LogP contribution in [0.1, 0.15) is 5.56 Å². The standard InChI is InChI=1S/C9H6ClFN4O2/c1-5-4-14(13-9(5)15(16)17)7-2-6(10)3-12-8(7)11/h2-4H,1H3. The third-order valence-corrected chi connectivity index (χ3v) is 2.28. The number of hydrogen-bond acceptors (Lipinski definition) is 4. The van der Waals surface area contributed by atoms with Gasteiger partial charge in [-0.1, -0.05) is 11.6 Å². The fourth-order valence-electron chi connectivity index (χ4n) is 1.33. The lowest BCUT2D eigenvalue weighted by Gasteiger charge is -1.98. The van der Waals surface area contributed by atoms with Crippen LogP contribution in [0.15, 0.2) is 18.5 Å². The van der Waals surface area contributed by atoms with E-state index in [1.807, 2.05) is 0 Å². The summed E-state index contributed by atoms with van der Waals surface area (Å²) in [6, 6.07) is 1.29. The van der Waals surface area contributed by atoms with E-state index in [9.17, 15) is 14.5 Å². The first-order valence-corrected chi connectivity index (χ1v) is 4.89. The number of pyridine rings is 1. The SMILES string of the molecule is Cc1cn(-c2cc(Cl)cnc2F)nc1[N+](=O)[O-]. The van der Waals surface area contributed by atoms with Gasteiger partial charge >= 0.3 is 5.82 Å². The molecule has 17 heavy (non-hydrogen) atoms. The minimum Gasteiger partial charge on any atom is -0.358 e. The smallest absolute Gasteiger partial charge is 0.358 e.